The van der Waals surface area contributed by atoms with Crippen molar-refractivity contribution in [3.63, 3.8) is 0 Å². The van der Waals surface area contributed by atoms with Gasteiger partial charge in [0.2, 0.25) is 5.91 Å². The lowest BCUT2D eigenvalue weighted by molar-refractivity contribution is -0.384. The average Bonchev–Trinajstić information content (AvgIpc) is 2.74. The fourth-order valence-corrected chi connectivity index (χ4v) is 4.58. The van der Waals surface area contributed by atoms with Crippen LogP contribution in [-0.2, 0) is 14.8 Å². The standard InChI is InChI=1S/C20H15Cl2N3O5S/c21-14-6-11-19(18(22)12-14)23-20(26)13-24(15-7-9-16(10-8-15)25(27)28)31(29,30)17-4-2-1-3-5-17/h1-12H,13H2,(H,23,26). The molecule has 0 radical (unpaired) electrons. The fraction of sp³-hybridized carbons (Fsp3) is 0.0500. The molecule has 0 bridgehead atoms. The normalized spacial score (nSPS) is 11.0. The van der Waals surface area contributed by atoms with Gasteiger partial charge in [-0.1, -0.05) is 41.4 Å². The van der Waals surface area contributed by atoms with E-state index in [9.17, 15) is 23.3 Å². The van der Waals surface area contributed by atoms with Crippen LogP contribution in [0.5, 0.6) is 0 Å². The molecule has 11 heteroatoms. The Bertz CT molecular complexity index is 1220. The van der Waals surface area contributed by atoms with Gasteiger partial charge in [-0.15, -0.1) is 0 Å². The topological polar surface area (TPSA) is 110 Å². The lowest BCUT2D eigenvalue weighted by Crippen LogP contribution is -2.38. The van der Waals surface area contributed by atoms with Gasteiger partial charge in [-0.3, -0.25) is 19.2 Å². The van der Waals surface area contributed by atoms with Crippen molar-refractivity contribution in [3.8, 4) is 0 Å². The number of non-ortho nitro benzene ring substituents is 1. The highest BCUT2D eigenvalue weighted by Crippen LogP contribution is 2.28. The highest BCUT2D eigenvalue weighted by molar-refractivity contribution is 7.92. The summed E-state index contributed by atoms with van der Waals surface area (Å²) in [4.78, 5) is 23.0. The smallest absolute Gasteiger partial charge is 0.269 e. The molecule has 0 saturated carbocycles. The maximum Gasteiger partial charge on any atom is 0.269 e. The van der Waals surface area contributed by atoms with E-state index < -0.39 is 27.4 Å². The predicted octanol–water partition coefficient (Wildman–Crippen LogP) is 4.74. The zero-order chi connectivity index (χ0) is 22.6. The third-order valence-corrected chi connectivity index (χ3v) is 6.51. The summed E-state index contributed by atoms with van der Waals surface area (Å²) < 4.78 is 27.3. The number of benzene rings is 3. The molecule has 0 saturated heterocycles. The second-order valence-corrected chi connectivity index (χ2v) is 8.98. The molecule has 0 spiro atoms. The molecule has 0 atom stereocenters. The second kappa shape index (κ2) is 9.34. The van der Waals surface area contributed by atoms with E-state index in [2.05, 4.69) is 5.32 Å². The Balaban J connectivity index is 1.95. The highest BCUT2D eigenvalue weighted by Gasteiger charge is 2.27. The summed E-state index contributed by atoms with van der Waals surface area (Å²) in [5.74, 6) is -0.665. The Morgan fingerprint density at radius 3 is 2.23 bits per heavy atom. The summed E-state index contributed by atoms with van der Waals surface area (Å²) >= 11 is 11.9. The highest BCUT2D eigenvalue weighted by atomic mass is 35.5. The Morgan fingerprint density at radius 1 is 1.00 bits per heavy atom. The first-order valence-electron chi connectivity index (χ1n) is 8.75. The van der Waals surface area contributed by atoms with Gasteiger partial charge in [0.1, 0.15) is 6.54 Å². The Morgan fingerprint density at radius 2 is 1.65 bits per heavy atom. The fourth-order valence-electron chi connectivity index (χ4n) is 2.69. The zero-order valence-corrected chi connectivity index (χ0v) is 18.1. The van der Waals surface area contributed by atoms with Crippen molar-refractivity contribution >= 4 is 56.2 Å². The average molecular weight is 480 g/mol. The van der Waals surface area contributed by atoms with Gasteiger partial charge >= 0.3 is 0 Å². The number of hydrogen-bond donors (Lipinski definition) is 1. The molecule has 1 amide bonds. The molecule has 31 heavy (non-hydrogen) atoms. The molecule has 0 unspecified atom stereocenters. The number of carbonyl (C=O) groups is 1. The van der Waals surface area contributed by atoms with Gasteiger partial charge in [-0.2, -0.15) is 0 Å². The first kappa shape index (κ1) is 22.5. The second-order valence-electron chi connectivity index (χ2n) is 6.27. The largest absolute Gasteiger partial charge is 0.323 e. The quantitative estimate of drug-likeness (QED) is 0.388. The molecule has 3 rings (SSSR count). The van der Waals surface area contributed by atoms with E-state index in [0.717, 1.165) is 16.4 Å². The first-order valence-corrected chi connectivity index (χ1v) is 11.0. The summed E-state index contributed by atoms with van der Waals surface area (Å²) in [6.45, 7) is -0.589. The lowest BCUT2D eigenvalue weighted by Gasteiger charge is -2.24. The van der Waals surface area contributed by atoms with Gasteiger partial charge in [0, 0.05) is 17.2 Å². The van der Waals surface area contributed by atoms with Crippen molar-refractivity contribution in [1.82, 2.24) is 0 Å². The summed E-state index contributed by atoms with van der Waals surface area (Å²) in [6, 6.07) is 16.8. The SMILES string of the molecule is O=C(CN(c1ccc([N+](=O)[O-])cc1)S(=O)(=O)c1ccccc1)Nc1ccc(Cl)cc1Cl. The molecule has 0 aromatic heterocycles. The van der Waals surface area contributed by atoms with E-state index in [0.29, 0.717) is 5.02 Å². The Labute approximate surface area is 188 Å². The molecule has 0 fully saturated rings. The number of anilines is 2. The lowest BCUT2D eigenvalue weighted by atomic mass is 10.3. The number of nitro groups is 1. The number of halogens is 2. The van der Waals surface area contributed by atoms with Crippen LogP contribution >= 0.6 is 23.2 Å². The van der Waals surface area contributed by atoms with Crippen molar-refractivity contribution in [2.45, 2.75) is 4.90 Å². The van der Waals surface area contributed by atoms with Crippen LogP contribution in [0.25, 0.3) is 0 Å². The maximum absolute atomic E-state index is 13.2. The zero-order valence-electron chi connectivity index (χ0n) is 15.7. The van der Waals surface area contributed by atoms with Crippen LogP contribution in [-0.4, -0.2) is 25.8 Å². The van der Waals surface area contributed by atoms with Gasteiger partial charge in [0.15, 0.2) is 0 Å². The first-order chi connectivity index (χ1) is 14.7. The number of nitrogens with one attached hydrogen (secondary N) is 1. The Hall–Kier alpha value is -3.14. The van der Waals surface area contributed by atoms with Crippen LogP contribution in [0.3, 0.4) is 0 Å². The molecular formula is C20H15Cl2N3O5S. The van der Waals surface area contributed by atoms with E-state index in [-0.39, 0.29) is 27.0 Å². The summed E-state index contributed by atoms with van der Waals surface area (Å²) in [5, 5.41) is 14.0. The van der Waals surface area contributed by atoms with Crippen LogP contribution in [0.1, 0.15) is 0 Å². The number of sulfonamides is 1. The molecule has 8 nitrogen and oxygen atoms in total. The van der Waals surface area contributed by atoms with Crippen molar-refractivity contribution in [2.24, 2.45) is 0 Å². The Kier molecular flexibility index (Phi) is 6.79. The predicted molar refractivity (Wildman–Crippen MR) is 119 cm³/mol. The van der Waals surface area contributed by atoms with E-state index in [1.165, 1.54) is 42.5 Å². The number of nitrogens with zero attached hydrogens (tertiary/aromatic N) is 2. The molecule has 0 heterocycles. The number of nitro benzene ring substituents is 1. The molecule has 0 aliphatic heterocycles. The molecule has 0 aliphatic carbocycles. The van der Waals surface area contributed by atoms with Crippen LogP contribution in [0.2, 0.25) is 10.0 Å². The number of rotatable bonds is 7. The van der Waals surface area contributed by atoms with E-state index >= 15 is 0 Å². The number of hydrogen-bond acceptors (Lipinski definition) is 5. The van der Waals surface area contributed by atoms with E-state index in [1.54, 1.807) is 18.2 Å². The van der Waals surface area contributed by atoms with Crippen LogP contribution in [0, 0.1) is 10.1 Å². The third-order valence-electron chi connectivity index (χ3n) is 4.17. The van der Waals surface area contributed by atoms with Crippen molar-refractivity contribution < 1.29 is 18.1 Å². The molecule has 0 aliphatic rings. The monoisotopic (exact) mass is 479 g/mol. The van der Waals surface area contributed by atoms with Gasteiger partial charge in [0.25, 0.3) is 15.7 Å². The maximum atomic E-state index is 13.2. The molecule has 1 N–H and O–H groups in total. The molecule has 3 aromatic carbocycles. The summed E-state index contributed by atoms with van der Waals surface area (Å²) in [7, 11) is -4.14. The van der Waals surface area contributed by atoms with Gasteiger partial charge in [-0.05, 0) is 42.5 Å². The summed E-state index contributed by atoms with van der Waals surface area (Å²) in [6.07, 6.45) is 0. The van der Waals surface area contributed by atoms with Crippen LogP contribution in [0.4, 0.5) is 17.1 Å². The van der Waals surface area contributed by atoms with E-state index in [4.69, 9.17) is 23.2 Å². The van der Waals surface area contributed by atoms with Gasteiger partial charge < -0.3 is 5.32 Å². The van der Waals surface area contributed by atoms with Crippen LogP contribution in [0.15, 0.2) is 77.7 Å². The number of amides is 1. The van der Waals surface area contributed by atoms with Gasteiger partial charge in [-0.25, -0.2) is 8.42 Å². The van der Waals surface area contributed by atoms with Crippen LogP contribution < -0.4 is 9.62 Å². The van der Waals surface area contributed by atoms with E-state index in [1.807, 2.05) is 0 Å². The molecular weight excluding hydrogens is 465 g/mol. The van der Waals surface area contributed by atoms with Gasteiger partial charge in [0.05, 0.1) is 26.2 Å². The third kappa shape index (κ3) is 5.32. The summed E-state index contributed by atoms with van der Waals surface area (Å²) in [5.41, 5.74) is 0.141. The minimum Gasteiger partial charge on any atom is -0.323 e. The minimum atomic E-state index is -4.14. The van der Waals surface area contributed by atoms with Crippen molar-refractivity contribution in [3.05, 3.63) is 93.0 Å². The van der Waals surface area contributed by atoms with Crippen molar-refractivity contribution in [2.75, 3.05) is 16.2 Å². The minimum absolute atomic E-state index is 0.0364. The molecule has 160 valence electrons. The number of carbonyl (C=O) groups excluding carboxylic acids is 1. The van der Waals surface area contributed by atoms with Crippen molar-refractivity contribution in [1.29, 1.82) is 0 Å². The molecule has 3 aromatic rings.